The number of sulfonamides is 1. The molecule has 0 saturated carbocycles. The van der Waals surface area contributed by atoms with E-state index in [0.717, 1.165) is 0 Å². The minimum atomic E-state index is -3.80. The summed E-state index contributed by atoms with van der Waals surface area (Å²) >= 11 is 6.11. The van der Waals surface area contributed by atoms with Crippen molar-refractivity contribution in [2.75, 3.05) is 31.5 Å². The summed E-state index contributed by atoms with van der Waals surface area (Å²) in [6.07, 6.45) is 0. The highest BCUT2D eigenvalue weighted by atomic mass is 35.5. The molecule has 3 rings (SSSR count). The molecule has 9 nitrogen and oxygen atoms in total. The molecule has 0 unspecified atom stereocenters. The molecule has 0 radical (unpaired) electrons. The Bertz CT molecular complexity index is 1130. The van der Waals surface area contributed by atoms with Gasteiger partial charge in [-0.25, -0.2) is 8.42 Å². The van der Waals surface area contributed by atoms with E-state index in [0.29, 0.717) is 16.8 Å². The van der Waals surface area contributed by atoms with Crippen LogP contribution in [0, 0.1) is 5.41 Å². The average Bonchev–Trinajstić information content (AvgIpc) is 2.74. The summed E-state index contributed by atoms with van der Waals surface area (Å²) < 4.78 is 27.2. The van der Waals surface area contributed by atoms with Gasteiger partial charge in [-0.2, -0.15) is 4.31 Å². The molecule has 0 aromatic heterocycles. The number of carbonyl (C=O) groups excluding carboxylic acids is 2. The molecule has 1 saturated heterocycles. The van der Waals surface area contributed by atoms with E-state index in [1.54, 1.807) is 29.2 Å². The van der Waals surface area contributed by atoms with Gasteiger partial charge in [-0.15, -0.1) is 0 Å². The lowest BCUT2D eigenvalue weighted by Gasteiger charge is -2.34. The van der Waals surface area contributed by atoms with Gasteiger partial charge in [-0.05, 0) is 30.3 Å². The third kappa shape index (κ3) is 5.04. The lowest BCUT2D eigenvalue weighted by Crippen LogP contribution is -2.50. The number of piperazine rings is 1. The number of nitrogens with one attached hydrogen (secondary N) is 2. The van der Waals surface area contributed by atoms with Crippen LogP contribution in [0.5, 0.6) is 0 Å². The fraction of sp³-hybridized carbons (Fsp3) is 0.250. The number of benzene rings is 2. The van der Waals surface area contributed by atoms with Crippen LogP contribution >= 0.6 is 11.6 Å². The van der Waals surface area contributed by atoms with Gasteiger partial charge in [0.1, 0.15) is 5.84 Å². The molecule has 1 fully saturated rings. The van der Waals surface area contributed by atoms with E-state index >= 15 is 0 Å². The van der Waals surface area contributed by atoms with Crippen molar-refractivity contribution in [1.82, 2.24) is 9.21 Å². The zero-order valence-corrected chi connectivity index (χ0v) is 18.3. The van der Waals surface area contributed by atoms with Gasteiger partial charge in [0.15, 0.2) is 0 Å². The van der Waals surface area contributed by atoms with Crippen LogP contribution in [0.2, 0.25) is 5.02 Å². The summed E-state index contributed by atoms with van der Waals surface area (Å²) in [4.78, 5) is 25.5. The SMILES string of the molecule is CC(=O)Nc1ccc(S(=O)(=O)N2CCN(C(=O)c3ccc(C(=N)N)cc3)CC2)cc1Cl. The second kappa shape index (κ2) is 9.04. The topological polar surface area (TPSA) is 137 Å². The Morgan fingerprint density at radius 1 is 1.03 bits per heavy atom. The highest BCUT2D eigenvalue weighted by molar-refractivity contribution is 7.89. The predicted octanol–water partition coefficient (Wildman–Crippen LogP) is 1.73. The number of hydrogen-bond donors (Lipinski definition) is 3. The van der Waals surface area contributed by atoms with Crippen LogP contribution in [0.4, 0.5) is 5.69 Å². The number of anilines is 1. The van der Waals surface area contributed by atoms with Crippen molar-refractivity contribution >= 4 is 45.0 Å². The van der Waals surface area contributed by atoms with E-state index in [9.17, 15) is 18.0 Å². The Kier molecular flexibility index (Phi) is 6.63. The number of amides is 2. The van der Waals surface area contributed by atoms with E-state index < -0.39 is 10.0 Å². The second-order valence-corrected chi connectivity index (χ2v) is 9.36. The summed E-state index contributed by atoms with van der Waals surface area (Å²) in [5, 5.41) is 10.1. The maximum Gasteiger partial charge on any atom is 0.253 e. The first-order valence-corrected chi connectivity index (χ1v) is 11.2. The number of rotatable bonds is 5. The van der Waals surface area contributed by atoms with Crippen molar-refractivity contribution in [2.24, 2.45) is 5.73 Å². The highest BCUT2D eigenvalue weighted by Gasteiger charge is 2.31. The lowest BCUT2D eigenvalue weighted by atomic mass is 10.1. The van der Waals surface area contributed by atoms with Crippen molar-refractivity contribution in [3.63, 3.8) is 0 Å². The molecule has 0 spiro atoms. The van der Waals surface area contributed by atoms with Gasteiger partial charge in [-0.3, -0.25) is 15.0 Å². The molecule has 2 aromatic carbocycles. The molecule has 11 heteroatoms. The molecule has 2 aromatic rings. The van der Waals surface area contributed by atoms with Gasteiger partial charge in [0, 0.05) is 44.2 Å². The van der Waals surface area contributed by atoms with E-state index in [1.807, 2.05) is 0 Å². The Balaban J connectivity index is 1.68. The normalized spacial score (nSPS) is 14.8. The summed E-state index contributed by atoms with van der Waals surface area (Å²) in [6, 6.07) is 10.5. The maximum atomic E-state index is 13.0. The highest BCUT2D eigenvalue weighted by Crippen LogP contribution is 2.27. The van der Waals surface area contributed by atoms with E-state index in [-0.39, 0.29) is 53.7 Å². The Hall–Kier alpha value is -2.95. The van der Waals surface area contributed by atoms with Gasteiger partial charge in [0.25, 0.3) is 5.91 Å². The molecule has 2 amide bonds. The molecular weight excluding hydrogens is 442 g/mol. The third-order valence-electron chi connectivity index (χ3n) is 4.86. The van der Waals surface area contributed by atoms with Crippen molar-refractivity contribution in [3.8, 4) is 0 Å². The van der Waals surface area contributed by atoms with E-state index in [1.165, 1.54) is 29.4 Å². The summed E-state index contributed by atoms with van der Waals surface area (Å²) in [7, 11) is -3.80. The molecular formula is C20H22ClN5O4S. The van der Waals surface area contributed by atoms with Gasteiger partial charge < -0.3 is 16.0 Å². The van der Waals surface area contributed by atoms with Crippen LogP contribution in [0.3, 0.4) is 0 Å². The van der Waals surface area contributed by atoms with Crippen LogP contribution in [0.1, 0.15) is 22.8 Å². The lowest BCUT2D eigenvalue weighted by molar-refractivity contribution is -0.114. The van der Waals surface area contributed by atoms with Gasteiger partial charge in [-0.1, -0.05) is 23.7 Å². The third-order valence-corrected chi connectivity index (χ3v) is 7.07. The van der Waals surface area contributed by atoms with Gasteiger partial charge in [0.2, 0.25) is 15.9 Å². The monoisotopic (exact) mass is 463 g/mol. The maximum absolute atomic E-state index is 13.0. The molecule has 0 atom stereocenters. The minimum Gasteiger partial charge on any atom is -0.384 e. The zero-order valence-electron chi connectivity index (χ0n) is 16.8. The molecule has 1 aliphatic heterocycles. The predicted molar refractivity (Wildman–Crippen MR) is 118 cm³/mol. The Labute approximate surface area is 185 Å². The average molecular weight is 464 g/mol. The molecule has 0 bridgehead atoms. The van der Waals surface area contributed by atoms with E-state index in [4.69, 9.17) is 22.7 Å². The quantitative estimate of drug-likeness (QED) is 0.458. The van der Waals surface area contributed by atoms with Crippen LogP contribution in [0.25, 0.3) is 0 Å². The smallest absolute Gasteiger partial charge is 0.253 e. The number of carbonyl (C=O) groups is 2. The molecule has 31 heavy (non-hydrogen) atoms. The van der Waals surface area contributed by atoms with Crippen molar-refractivity contribution in [1.29, 1.82) is 5.41 Å². The molecule has 4 N–H and O–H groups in total. The molecule has 1 aliphatic rings. The molecule has 0 aliphatic carbocycles. The van der Waals surface area contributed by atoms with Crippen LogP contribution in [-0.4, -0.2) is 61.5 Å². The number of nitrogens with two attached hydrogens (primary N) is 1. The minimum absolute atomic E-state index is 0.0196. The fourth-order valence-electron chi connectivity index (χ4n) is 3.20. The first kappa shape index (κ1) is 22.7. The zero-order chi connectivity index (χ0) is 22.8. The number of halogens is 1. The van der Waals surface area contributed by atoms with Gasteiger partial charge in [0.05, 0.1) is 15.6 Å². The number of hydrogen-bond acceptors (Lipinski definition) is 5. The largest absolute Gasteiger partial charge is 0.384 e. The number of nitrogen functional groups attached to an aromatic ring is 1. The number of amidine groups is 1. The molecule has 164 valence electrons. The van der Waals surface area contributed by atoms with E-state index in [2.05, 4.69) is 5.32 Å². The first-order chi connectivity index (χ1) is 14.6. The summed E-state index contributed by atoms with van der Waals surface area (Å²) in [5.41, 5.74) is 6.73. The Morgan fingerprint density at radius 3 is 2.13 bits per heavy atom. The van der Waals surface area contributed by atoms with Crippen molar-refractivity contribution < 1.29 is 18.0 Å². The van der Waals surface area contributed by atoms with Crippen LogP contribution in [0.15, 0.2) is 47.4 Å². The first-order valence-electron chi connectivity index (χ1n) is 9.40. The van der Waals surface area contributed by atoms with Crippen LogP contribution < -0.4 is 11.1 Å². The summed E-state index contributed by atoms with van der Waals surface area (Å²) in [5.74, 6) is -0.605. The van der Waals surface area contributed by atoms with Crippen molar-refractivity contribution in [2.45, 2.75) is 11.8 Å². The summed E-state index contributed by atoms with van der Waals surface area (Å²) in [6.45, 7) is 2.10. The number of nitrogens with zero attached hydrogens (tertiary/aromatic N) is 2. The Morgan fingerprint density at radius 2 is 1.61 bits per heavy atom. The van der Waals surface area contributed by atoms with Crippen molar-refractivity contribution in [3.05, 3.63) is 58.6 Å². The van der Waals surface area contributed by atoms with Gasteiger partial charge >= 0.3 is 0 Å². The second-order valence-electron chi connectivity index (χ2n) is 7.01. The fourth-order valence-corrected chi connectivity index (χ4v) is 4.94. The standard InChI is InChI=1S/C20H22ClN5O4S/c1-13(27)24-18-7-6-16(12-17(18)21)31(29,30)26-10-8-25(9-11-26)20(28)15-4-2-14(3-5-15)19(22)23/h2-7,12H,8-11H2,1H3,(H3,22,23)(H,24,27). The molecule has 1 heterocycles. The van der Waals surface area contributed by atoms with Crippen LogP contribution in [-0.2, 0) is 14.8 Å².